The van der Waals surface area contributed by atoms with E-state index in [0.29, 0.717) is 34.7 Å². The van der Waals surface area contributed by atoms with Crippen LogP contribution in [0.15, 0.2) is 71.8 Å². The maximum atomic E-state index is 13.3. The Balaban J connectivity index is 1.51. The minimum Gasteiger partial charge on any atom is -0.454 e. The standard InChI is InChI=1S/C25H21N3O4/c1-16-4-6-18(7-5-16)25(30)28(13-17-3-2-8-26-12-17)14-20-9-19-10-22-23(32-15-31-22)11-21(19)27-24(20)29/h2-12H,13-15H2,1H3,(H,27,29). The van der Waals surface area contributed by atoms with Gasteiger partial charge in [0.2, 0.25) is 6.79 Å². The quantitative estimate of drug-likeness (QED) is 0.524. The van der Waals surface area contributed by atoms with Gasteiger partial charge < -0.3 is 19.4 Å². The number of aryl methyl sites for hydroxylation is 1. The number of rotatable bonds is 5. The van der Waals surface area contributed by atoms with Crippen LogP contribution in [0.3, 0.4) is 0 Å². The average molecular weight is 427 g/mol. The van der Waals surface area contributed by atoms with Crippen LogP contribution >= 0.6 is 0 Å². The lowest BCUT2D eigenvalue weighted by molar-refractivity contribution is 0.0729. The Hall–Kier alpha value is -4.13. The highest BCUT2D eigenvalue weighted by Crippen LogP contribution is 2.35. The first-order valence-electron chi connectivity index (χ1n) is 10.3. The van der Waals surface area contributed by atoms with Crippen molar-refractivity contribution in [2.45, 2.75) is 20.0 Å². The molecule has 1 N–H and O–H groups in total. The van der Waals surface area contributed by atoms with Gasteiger partial charge in [0, 0.05) is 41.5 Å². The van der Waals surface area contributed by atoms with E-state index in [-0.39, 0.29) is 24.8 Å². The molecule has 0 saturated heterocycles. The molecule has 0 unspecified atom stereocenters. The van der Waals surface area contributed by atoms with E-state index in [1.165, 1.54) is 0 Å². The fraction of sp³-hybridized carbons (Fsp3) is 0.160. The molecule has 0 bridgehead atoms. The van der Waals surface area contributed by atoms with Crippen molar-refractivity contribution in [2.75, 3.05) is 6.79 Å². The summed E-state index contributed by atoms with van der Waals surface area (Å²) in [5.41, 5.74) is 3.43. The number of carbonyl (C=O) groups excluding carboxylic acids is 1. The van der Waals surface area contributed by atoms with Crippen molar-refractivity contribution in [3.05, 3.63) is 99.6 Å². The first-order chi connectivity index (χ1) is 15.6. The molecule has 0 fully saturated rings. The number of nitrogens with zero attached hydrogens (tertiary/aromatic N) is 2. The minimum absolute atomic E-state index is 0.154. The number of carbonyl (C=O) groups is 1. The van der Waals surface area contributed by atoms with Gasteiger partial charge in [-0.2, -0.15) is 0 Å². The van der Waals surface area contributed by atoms with E-state index in [0.717, 1.165) is 16.5 Å². The lowest BCUT2D eigenvalue weighted by Crippen LogP contribution is -2.32. The maximum Gasteiger partial charge on any atom is 0.254 e. The molecule has 0 atom stereocenters. The number of aromatic nitrogens is 2. The molecule has 0 saturated carbocycles. The third kappa shape index (κ3) is 3.92. The van der Waals surface area contributed by atoms with E-state index in [4.69, 9.17) is 9.47 Å². The average Bonchev–Trinajstić information content (AvgIpc) is 3.25. The predicted molar refractivity (Wildman–Crippen MR) is 120 cm³/mol. The van der Waals surface area contributed by atoms with E-state index >= 15 is 0 Å². The number of aromatic amines is 1. The number of ether oxygens (including phenoxy) is 2. The van der Waals surface area contributed by atoms with E-state index < -0.39 is 0 Å². The molecule has 0 aliphatic carbocycles. The number of fused-ring (bicyclic) bond motifs is 2. The van der Waals surface area contributed by atoms with Crippen molar-refractivity contribution in [1.29, 1.82) is 0 Å². The zero-order valence-electron chi connectivity index (χ0n) is 17.5. The van der Waals surface area contributed by atoms with Crippen LogP contribution < -0.4 is 15.0 Å². The van der Waals surface area contributed by atoms with E-state index in [1.807, 2.05) is 37.3 Å². The molecule has 160 valence electrons. The number of pyridine rings is 2. The van der Waals surface area contributed by atoms with Crippen molar-refractivity contribution >= 4 is 16.8 Å². The summed E-state index contributed by atoms with van der Waals surface area (Å²) < 4.78 is 10.9. The highest BCUT2D eigenvalue weighted by molar-refractivity contribution is 5.94. The molecule has 2 aromatic carbocycles. The molecule has 7 nitrogen and oxygen atoms in total. The smallest absolute Gasteiger partial charge is 0.254 e. The van der Waals surface area contributed by atoms with Gasteiger partial charge in [-0.1, -0.05) is 23.8 Å². The Kier molecular flexibility index (Phi) is 5.07. The first-order valence-corrected chi connectivity index (χ1v) is 10.3. The van der Waals surface area contributed by atoms with Crippen molar-refractivity contribution in [2.24, 2.45) is 0 Å². The maximum absolute atomic E-state index is 13.3. The number of benzene rings is 2. The van der Waals surface area contributed by atoms with Crippen molar-refractivity contribution < 1.29 is 14.3 Å². The van der Waals surface area contributed by atoms with Gasteiger partial charge in [-0.3, -0.25) is 14.6 Å². The molecular weight excluding hydrogens is 406 g/mol. The summed E-state index contributed by atoms with van der Waals surface area (Å²) in [5.74, 6) is 1.09. The van der Waals surface area contributed by atoms with Gasteiger partial charge in [-0.25, -0.2) is 0 Å². The van der Waals surface area contributed by atoms with Gasteiger partial charge in [0.05, 0.1) is 12.1 Å². The van der Waals surface area contributed by atoms with Crippen LogP contribution in [0.2, 0.25) is 0 Å². The molecule has 5 rings (SSSR count). The van der Waals surface area contributed by atoms with Gasteiger partial charge in [0.1, 0.15) is 0 Å². The summed E-state index contributed by atoms with van der Waals surface area (Å²) in [4.78, 5) is 34.9. The highest BCUT2D eigenvalue weighted by atomic mass is 16.7. The summed E-state index contributed by atoms with van der Waals surface area (Å²) in [6.07, 6.45) is 3.41. The van der Waals surface area contributed by atoms with Crippen LogP contribution in [-0.4, -0.2) is 27.6 Å². The molecule has 4 aromatic rings. The molecule has 7 heteroatoms. The van der Waals surface area contributed by atoms with Crippen molar-refractivity contribution in [3.63, 3.8) is 0 Å². The van der Waals surface area contributed by atoms with Crippen molar-refractivity contribution in [1.82, 2.24) is 14.9 Å². The molecule has 1 amide bonds. The third-order valence-corrected chi connectivity index (χ3v) is 5.46. The number of hydrogen-bond donors (Lipinski definition) is 1. The van der Waals surface area contributed by atoms with E-state index in [2.05, 4.69) is 9.97 Å². The molecule has 1 aliphatic heterocycles. The Morgan fingerprint density at radius 2 is 1.84 bits per heavy atom. The van der Waals surface area contributed by atoms with Crippen LogP contribution in [0.5, 0.6) is 11.5 Å². The second-order valence-electron chi connectivity index (χ2n) is 7.80. The van der Waals surface area contributed by atoms with Crippen molar-refractivity contribution in [3.8, 4) is 11.5 Å². The Bertz CT molecular complexity index is 1350. The van der Waals surface area contributed by atoms with E-state index in [1.54, 1.807) is 41.6 Å². The predicted octanol–water partition coefficient (Wildman–Crippen LogP) is 3.80. The Morgan fingerprint density at radius 3 is 2.59 bits per heavy atom. The Morgan fingerprint density at radius 1 is 1.06 bits per heavy atom. The molecule has 0 radical (unpaired) electrons. The molecule has 32 heavy (non-hydrogen) atoms. The highest BCUT2D eigenvalue weighted by Gasteiger charge is 2.20. The van der Waals surface area contributed by atoms with Gasteiger partial charge in [-0.15, -0.1) is 0 Å². The topological polar surface area (TPSA) is 84.5 Å². The zero-order chi connectivity index (χ0) is 22.1. The van der Waals surface area contributed by atoms with Crippen LogP contribution in [0.1, 0.15) is 27.0 Å². The molecular formula is C25H21N3O4. The van der Waals surface area contributed by atoms with Crippen LogP contribution in [0.25, 0.3) is 10.9 Å². The molecule has 3 heterocycles. The number of amides is 1. The Labute approximate surface area is 184 Å². The summed E-state index contributed by atoms with van der Waals surface area (Å²) in [7, 11) is 0. The monoisotopic (exact) mass is 427 g/mol. The second-order valence-corrected chi connectivity index (χ2v) is 7.80. The number of nitrogens with one attached hydrogen (secondary N) is 1. The lowest BCUT2D eigenvalue weighted by atomic mass is 10.1. The van der Waals surface area contributed by atoms with E-state index in [9.17, 15) is 9.59 Å². The number of hydrogen-bond acceptors (Lipinski definition) is 5. The molecule has 1 aliphatic rings. The van der Waals surface area contributed by atoms with Gasteiger partial charge in [0.25, 0.3) is 11.5 Å². The zero-order valence-corrected chi connectivity index (χ0v) is 17.5. The van der Waals surface area contributed by atoms with Crippen LogP contribution in [-0.2, 0) is 13.1 Å². The van der Waals surface area contributed by atoms with Crippen LogP contribution in [0, 0.1) is 6.92 Å². The van der Waals surface area contributed by atoms with Gasteiger partial charge in [0.15, 0.2) is 11.5 Å². The fourth-order valence-corrected chi connectivity index (χ4v) is 3.75. The largest absolute Gasteiger partial charge is 0.454 e. The SMILES string of the molecule is Cc1ccc(C(=O)N(Cc2cccnc2)Cc2cc3cc4c(cc3[nH]c2=O)OCO4)cc1. The summed E-state index contributed by atoms with van der Waals surface area (Å²) in [6, 6.07) is 16.6. The lowest BCUT2D eigenvalue weighted by Gasteiger charge is -2.23. The summed E-state index contributed by atoms with van der Waals surface area (Å²) in [6.45, 7) is 2.62. The van der Waals surface area contributed by atoms with Crippen LogP contribution in [0.4, 0.5) is 0 Å². The molecule has 0 spiro atoms. The normalized spacial score (nSPS) is 12.2. The van der Waals surface area contributed by atoms with Gasteiger partial charge in [-0.05, 0) is 42.8 Å². The van der Waals surface area contributed by atoms with Gasteiger partial charge >= 0.3 is 0 Å². The number of H-pyrrole nitrogens is 1. The second kappa shape index (κ2) is 8.19. The summed E-state index contributed by atoms with van der Waals surface area (Å²) >= 11 is 0. The first kappa shape index (κ1) is 19.8. The minimum atomic E-state index is -0.246. The summed E-state index contributed by atoms with van der Waals surface area (Å²) in [5, 5.41) is 0.813. The fourth-order valence-electron chi connectivity index (χ4n) is 3.75. The molecule has 2 aromatic heterocycles. The third-order valence-electron chi connectivity index (χ3n) is 5.46.